The Labute approximate surface area is 340 Å². The Bertz CT molecular complexity index is 2240. The van der Waals surface area contributed by atoms with Crippen LogP contribution in [0, 0.1) is 16.7 Å². The van der Waals surface area contributed by atoms with Gasteiger partial charge in [-0.3, -0.25) is 29.2 Å². The van der Waals surface area contributed by atoms with E-state index in [2.05, 4.69) is 72.4 Å². The third-order valence-corrected chi connectivity index (χ3v) is 17.0. The van der Waals surface area contributed by atoms with Crippen LogP contribution in [0.1, 0.15) is 76.3 Å². The molecule has 1 saturated carbocycles. The average molecular weight is 809 g/mol. The highest BCUT2D eigenvalue weighted by Crippen LogP contribution is 2.96. The molecule has 2 amide bonds. The fourth-order valence-electron chi connectivity index (χ4n) is 10.2. The van der Waals surface area contributed by atoms with E-state index in [-0.39, 0.29) is 53.6 Å². The number of aromatic nitrogens is 2. The van der Waals surface area contributed by atoms with E-state index >= 15 is 0 Å². The molecule has 3 unspecified atom stereocenters. The number of amides is 2. The molecule has 57 heavy (non-hydrogen) atoms. The minimum atomic E-state index is -0.890. The Morgan fingerprint density at radius 1 is 1.19 bits per heavy atom. The maximum absolute atomic E-state index is 15.0. The second-order valence-electron chi connectivity index (χ2n) is 17.7. The Hall–Kier alpha value is -3.98. The van der Waals surface area contributed by atoms with Crippen molar-refractivity contribution in [2.75, 3.05) is 40.9 Å². The minimum Gasteiger partial charge on any atom is -0.464 e. The smallest absolute Gasteiger partial charge is 0.324 e. The van der Waals surface area contributed by atoms with Gasteiger partial charge in [0, 0.05) is 86.3 Å². The predicted octanol–water partition coefficient (Wildman–Crippen LogP) is 5.46. The van der Waals surface area contributed by atoms with Gasteiger partial charge in [-0.2, -0.15) is 0 Å². The number of hydrogen-bond acceptors (Lipinski definition) is 10. The molecule has 1 N–H and O–H groups in total. The summed E-state index contributed by atoms with van der Waals surface area (Å²) in [6.45, 7) is 10.2. The molecule has 5 aliphatic heterocycles. The standard InChI is InChI=1S/C43H52N6O6SSi/c1-8-48-31-14-13-25-17-28(31)29(36(48)27-11-9-15-44-35(27)24(2)54-7)19-41(3,4)23-55-38(52)30-12-10-16-49(45-30)40(53)42(20-34-47(6)32(25)22-56-34)39-43(42,57-39)37(51)26-18-33(50)46(5)21-26/h9,11,13-15,17,22,24,26,30,34,39,45H,8,10,12,16,18-21,23H2,1-7H3/t24-,26-,30-,34?,39?,42?,43-/m0/s1. The molecule has 300 valence electrons. The van der Waals surface area contributed by atoms with Crippen LogP contribution in [-0.4, -0.2) is 110 Å². The van der Waals surface area contributed by atoms with Crippen molar-refractivity contribution in [2.45, 2.75) is 94.4 Å². The van der Waals surface area contributed by atoms with Crippen LogP contribution in [0.15, 0.2) is 41.9 Å². The van der Waals surface area contributed by atoms with Crippen molar-refractivity contribution in [2.24, 2.45) is 16.7 Å². The van der Waals surface area contributed by atoms with Crippen molar-refractivity contribution in [3.05, 3.63) is 58.8 Å². The zero-order chi connectivity index (χ0) is 40.2. The molecule has 7 heterocycles. The maximum Gasteiger partial charge on any atom is 0.324 e. The van der Waals surface area contributed by atoms with Gasteiger partial charge in [0.15, 0.2) is 0 Å². The number of nitrogens with zero attached hydrogens (tertiary/aromatic N) is 5. The van der Waals surface area contributed by atoms with E-state index in [4.69, 9.17) is 14.5 Å². The van der Waals surface area contributed by atoms with Gasteiger partial charge in [0.05, 0.1) is 50.1 Å². The second kappa shape index (κ2) is 13.8. The summed E-state index contributed by atoms with van der Waals surface area (Å²) in [6, 6.07) is 10.1. The lowest BCUT2D eigenvalue weighted by Crippen LogP contribution is -2.59. The van der Waals surface area contributed by atoms with Gasteiger partial charge in [0.1, 0.15) is 11.8 Å². The Balaban J connectivity index is 1.15. The third kappa shape index (κ3) is 5.86. The molecule has 4 fully saturated rings. The van der Waals surface area contributed by atoms with E-state index in [1.807, 2.05) is 19.2 Å². The number of pyridine rings is 1. The number of carbonyl (C=O) groups excluding carboxylic acids is 4. The van der Waals surface area contributed by atoms with Gasteiger partial charge in [0.25, 0.3) is 0 Å². The highest BCUT2D eigenvalue weighted by atomic mass is 32.2. The fourth-order valence-corrected chi connectivity index (χ4v) is 13.8. The van der Waals surface area contributed by atoms with Crippen LogP contribution in [0.25, 0.3) is 27.9 Å². The molecule has 1 aliphatic carbocycles. The van der Waals surface area contributed by atoms with Crippen molar-refractivity contribution >= 4 is 61.4 Å². The largest absolute Gasteiger partial charge is 0.464 e. The lowest BCUT2D eigenvalue weighted by atomic mass is 9.84. The number of ether oxygens (including phenoxy) is 2. The van der Waals surface area contributed by atoms with Crippen molar-refractivity contribution in [3.8, 4) is 11.3 Å². The van der Waals surface area contributed by atoms with E-state index in [1.165, 1.54) is 5.56 Å². The summed E-state index contributed by atoms with van der Waals surface area (Å²) in [6.07, 6.45) is 4.12. The molecule has 7 atom stereocenters. The molecular weight excluding hydrogens is 757 g/mol. The van der Waals surface area contributed by atoms with Crippen LogP contribution in [0.4, 0.5) is 0 Å². The number of likely N-dealkylation sites (tertiary alicyclic amines) is 1. The summed E-state index contributed by atoms with van der Waals surface area (Å²) in [5, 5.41) is 4.14. The molecule has 12 nitrogen and oxygen atoms in total. The van der Waals surface area contributed by atoms with Crippen molar-refractivity contribution in [1.82, 2.24) is 29.8 Å². The van der Waals surface area contributed by atoms with Crippen LogP contribution in [0.2, 0.25) is 10.6 Å². The van der Waals surface area contributed by atoms with Gasteiger partial charge in [0.2, 0.25) is 11.8 Å². The number of ketones is 1. The van der Waals surface area contributed by atoms with E-state index in [0.717, 1.165) is 45.7 Å². The van der Waals surface area contributed by atoms with Crippen molar-refractivity contribution in [3.63, 3.8) is 0 Å². The second-order valence-corrected chi connectivity index (χ2v) is 20.4. The highest BCUT2D eigenvalue weighted by molar-refractivity contribution is 8.03. The molecule has 9 rings (SSSR count). The number of esters is 1. The van der Waals surface area contributed by atoms with Crippen molar-refractivity contribution in [1.29, 1.82) is 0 Å². The van der Waals surface area contributed by atoms with E-state index in [9.17, 15) is 19.2 Å². The topological polar surface area (TPSA) is 126 Å². The van der Waals surface area contributed by atoms with Gasteiger partial charge in [-0.15, -0.1) is 11.8 Å². The Morgan fingerprint density at radius 3 is 2.72 bits per heavy atom. The molecule has 3 aromatic rings. The number of rotatable bonds is 6. The normalized spacial score (nSPS) is 31.3. The first kappa shape index (κ1) is 38.5. The van der Waals surface area contributed by atoms with Crippen molar-refractivity contribution < 1.29 is 28.7 Å². The Kier molecular flexibility index (Phi) is 9.33. The number of methoxy groups -OCH3 is 1. The van der Waals surface area contributed by atoms with E-state index in [0.29, 0.717) is 48.3 Å². The Morgan fingerprint density at radius 2 is 2.00 bits per heavy atom. The number of benzene rings is 1. The number of hydrogen-bond donors (Lipinski definition) is 1. The summed E-state index contributed by atoms with van der Waals surface area (Å²) >= 11 is 1.70. The average Bonchev–Trinajstić information content (AvgIpc) is 3.94. The fraction of sp³-hybridized carbons (Fsp3) is 0.558. The number of Topliss-reactive ketones (excluding diaryl/α,β-unsaturated/α-hetero) is 1. The van der Waals surface area contributed by atoms with Gasteiger partial charge >= 0.3 is 5.97 Å². The lowest BCUT2D eigenvalue weighted by molar-refractivity contribution is -0.156. The lowest BCUT2D eigenvalue weighted by Gasteiger charge is -2.40. The van der Waals surface area contributed by atoms with Crippen LogP contribution in [0.3, 0.4) is 0 Å². The van der Waals surface area contributed by atoms with Crippen LogP contribution in [-0.2, 0) is 41.6 Å². The van der Waals surface area contributed by atoms with Gasteiger partial charge < -0.3 is 23.8 Å². The number of fused-ring (bicyclic) bond motifs is 9. The monoisotopic (exact) mass is 808 g/mol. The summed E-state index contributed by atoms with van der Waals surface area (Å²) in [5.74, 6) is -0.830. The number of carbonyl (C=O) groups is 4. The molecule has 1 aromatic carbocycles. The molecular formula is C43H52N6O6SSi. The third-order valence-electron chi connectivity index (χ3n) is 13.6. The summed E-state index contributed by atoms with van der Waals surface area (Å²) in [4.78, 5) is 64.6. The minimum absolute atomic E-state index is 0.0230. The number of thioether (sulfide) groups is 1. The molecule has 6 aliphatic rings. The molecule has 14 heteroatoms. The highest BCUT2D eigenvalue weighted by Gasteiger charge is 2.95. The summed E-state index contributed by atoms with van der Waals surface area (Å²) in [5.41, 5.74) is 9.31. The number of cyclic esters (lactones) is 1. The summed E-state index contributed by atoms with van der Waals surface area (Å²) in [7, 11) is 5.91. The molecule has 1 spiro atoms. The number of nitrogens with one attached hydrogen (secondary N) is 1. The van der Waals surface area contributed by atoms with Gasteiger partial charge in [-0.1, -0.05) is 19.9 Å². The number of hydrazine groups is 1. The van der Waals surface area contributed by atoms with E-state index < -0.39 is 27.8 Å². The maximum atomic E-state index is 15.0. The van der Waals surface area contributed by atoms with Crippen LogP contribution in [0.5, 0.6) is 0 Å². The van der Waals surface area contributed by atoms with Crippen LogP contribution >= 0.6 is 11.8 Å². The zero-order valence-electron chi connectivity index (χ0n) is 33.9. The SMILES string of the molecule is CCn1c(-c2cccnc2[C@H](C)OC)c2c3cc(ccc31)C1=CSC(CC3(C(=O)N4CCC[C@H](N4)C(=O)OCC(C)(C)C2)C2[Si][C@@]23C(=O)[C@H]2CC(=O)N(C)C2)N1C. The van der Waals surface area contributed by atoms with Gasteiger partial charge in [-0.05, 0) is 85.9 Å². The zero-order valence-corrected chi connectivity index (χ0v) is 35.7. The molecule has 3 saturated heterocycles. The van der Waals surface area contributed by atoms with E-state index in [1.54, 1.807) is 35.8 Å². The molecule has 2 radical (unpaired) electrons. The van der Waals surface area contributed by atoms with Crippen LogP contribution < -0.4 is 5.43 Å². The number of aryl methyl sites for hydroxylation is 1. The first-order chi connectivity index (χ1) is 27.3. The summed E-state index contributed by atoms with van der Waals surface area (Å²) < 4.78 is 14.3. The quantitative estimate of drug-likeness (QED) is 0.254. The predicted molar refractivity (Wildman–Crippen MR) is 220 cm³/mol. The van der Waals surface area contributed by atoms with Gasteiger partial charge in [-0.25, -0.2) is 5.43 Å². The first-order valence-electron chi connectivity index (χ1n) is 20.3. The first-order valence-corrected chi connectivity index (χ1v) is 22.3. The molecule has 2 aromatic heterocycles. The molecule has 6 bridgehead atoms.